The number of H-pyrrole nitrogens is 1. The van der Waals surface area contributed by atoms with Crippen LogP contribution in [0.3, 0.4) is 0 Å². The van der Waals surface area contributed by atoms with Crippen LogP contribution in [0.4, 0.5) is 0 Å². The van der Waals surface area contributed by atoms with Crippen LogP contribution in [0, 0.1) is 0 Å². The Morgan fingerprint density at radius 1 is 1.36 bits per heavy atom. The van der Waals surface area contributed by atoms with E-state index in [0.717, 1.165) is 0 Å². The van der Waals surface area contributed by atoms with E-state index in [-0.39, 0.29) is 56.3 Å². The minimum absolute atomic E-state index is 0. The molecule has 0 spiro atoms. The number of aromatic nitrogens is 2. The van der Waals surface area contributed by atoms with Gasteiger partial charge in [-0.05, 0) is 18.2 Å². The van der Waals surface area contributed by atoms with E-state index in [0.29, 0.717) is 11.0 Å². The summed E-state index contributed by atoms with van der Waals surface area (Å²) in [6.07, 6.45) is 1.46. The maximum absolute atomic E-state index is 10.7. The van der Waals surface area contributed by atoms with Gasteiger partial charge in [-0.15, -0.1) is 0 Å². The van der Waals surface area contributed by atoms with Crippen molar-refractivity contribution in [3.63, 3.8) is 0 Å². The summed E-state index contributed by atoms with van der Waals surface area (Å²) in [6.45, 7) is 0. The zero-order chi connectivity index (χ0) is 9.47. The Morgan fingerprint density at radius 2 is 2.07 bits per heavy atom. The molecule has 1 radical (unpaired) electrons. The molecule has 0 unspecified atom stereocenters. The van der Waals surface area contributed by atoms with Crippen molar-refractivity contribution >= 4 is 72.5 Å². The van der Waals surface area contributed by atoms with E-state index in [4.69, 9.17) is 4.55 Å². The van der Waals surface area contributed by atoms with E-state index in [1.807, 2.05) is 0 Å². The van der Waals surface area contributed by atoms with Crippen LogP contribution in [0.5, 0.6) is 0 Å². The Hall–Kier alpha value is 0.236. The van der Waals surface area contributed by atoms with Gasteiger partial charge >= 0.3 is 0 Å². The van der Waals surface area contributed by atoms with Gasteiger partial charge < -0.3 is 4.98 Å². The molecule has 0 saturated carbocycles. The zero-order valence-corrected chi connectivity index (χ0v) is 11.4. The van der Waals surface area contributed by atoms with Gasteiger partial charge in [0.05, 0.1) is 22.3 Å². The summed E-state index contributed by atoms with van der Waals surface area (Å²) >= 11 is 0. The third kappa shape index (κ3) is 2.43. The third-order valence-corrected chi connectivity index (χ3v) is 2.54. The van der Waals surface area contributed by atoms with Crippen LogP contribution in [-0.2, 0) is 10.1 Å². The van der Waals surface area contributed by atoms with Crippen molar-refractivity contribution in [1.29, 1.82) is 0 Å². The molecular formula is C7H6KN2O3S. The van der Waals surface area contributed by atoms with Crippen LogP contribution in [0.15, 0.2) is 29.4 Å². The van der Waals surface area contributed by atoms with Crippen molar-refractivity contribution in [2.75, 3.05) is 0 Å². The van der Waals surface area contributed by atoms with Gasteiger partial charge in [-0.1, -0.05) is 0 Å². The number of benzene rings is 1. The van der Waals surface area contributed by atoms with Gasteiger partial charge in [0.15, 0.2) is 0 Å². The van der Waals surface area contributed by atoms with Crippen LogP contribution in [-0.4, -0.2) is 74.3 Å². The second-order valence-corrected chi connectivity index (χ2v) is 3.98. The third-order valence-electron chi connectivity index (χ3n) is 1.69. The number of fused-ring (bicyclic) bond motifs is 1. The fraction of sp³-hybridized carbons (Fsp3) is 0. The summed E-state index contributed by atoms with van der Waals surface area (Å²) < 4.78 is 30.2. The van der Waals surface area contributed by atoms with Gasteiger partial charge in [0.1, 0.15) is 0 Å². The molecule has 0 saturated heterocycles. The van der Waals surface area contributed by atoms with E-state index < -0.39 is 10.1 Å². The normalized spacial score (nSPS) is 11.2. The molecule has 1 aromatic carbocycles. The molecule has 69 valence electrons. The van der Waals surface area contributed by atoms with Crippen LogP contribution >= 0.6 is 0 Å². The molecule has 0 aliphatic carbocycles. The predicted molar refractivity (Wildman–Crippen MR) is 51.7 cm³/mol. The molecule has 0 aliphatic heterocycles. The molecule has 2 N–H and O–H groups in total. The summed E-state index contributed by atoms with van der Waals surface area (Å²) in [5.74, 6) is 0. The summed E-state index contributed by atoms with van der Waals surface area (Å²) in [7, 11) is -4.12. The summed E-state index contributed by atoms with van der Waals surface area (Å²) in [6, 6.07) is 4.16. The predicted octanol–water partition coefficient (Wildman–Crippen LogP) is 0.429. The maximum atomic E-state index is 10.7. The average molecular weight is 237 g/mol. The maximum Gasteiger partial charge on any atom is 0.294 e. The molecule has 0 amide bonds. The number of nitrogens with one attached hydrogen (secondary N) is 1. The standard InChI is InChI=1S/C7H6N2O3S.K/c10-13(11,12)5-1-2-6-7(3-5)9-4-8-6;/h1-4H,(H,8,9)(H,10,11,12);. The van der Waals surface area contributed by atoms with Crippen LogP contribution in [0.2, 0.25) is 0 Å². The minimum atomic E-state index is -4.12. The molecular weight excluding hydrogens is 231 g/mol. The van der Waals surface area contributed by atoms with Crippen molar-refractivity contribution in [2.24, 2.45) is 0 Å². The number of hydrogen-bond acceptors (Lipinski definition) is 3. The van der Waals surface area contributed by atoms with Gasteiger partial charge in [0.2, 0.25) is 0 Å². The molecule has 0 fully saturated rings. The van der Waals surface area contributed by atoms with E-state index in [9.17, 15) is 8.42 Å². The fourth-order valence-electron chi connectivity index (χ4n) is 1.08. The van der Waals surface area contributed by atoms with E-state index in [1.54, 1.807) is 0 Å². The van der Waals surface area contributed by atoms with Crippen molar-refractivity contribution < 1.29 is 13.0 Å². The Balaban J connectivity index is 0.000000980. The minimum Gasteiger partial charge on any atom is -0.345 e. The molecule has 5 nitrogen and oxygen atoms in total. The first-order valence-electron chi connectivity index (χ1n) is 3.48. The van der Waals surface area contributed by atoms with Crippen molar-refractivity contribution in [1.82, 2.24) is 9.97 Å². The van der Waals surface area contributed by atoms with Crippen LogP contribution in [0.25, 0.3) is 11.0 Å². The van der Waals surface area contributed by atoms with Crippen LogP contribution in [0.1, 0.15) is 0 Å². The second-order valence-electron chi connectivity index (χ2n) is 2.56. The quantitative estimate of drug-likeness (QED) is 0.556. The molecule has 1 aromatic heterocycles. The van der Waals surface area contributed by atoms with Gasteiger partial charge in [-0.3, -0.25) is 4.55 Å². The Bertz CT molecular complexity index is 549. The second kappa shape index (κ2) is 4.39. The number of nitrogens with zero attached hydrogens (tertiary/aromatic N) is 1. The van der Waals surface area contributed by atoms with Crippen molar-refractivity contribution in [3.05, 3.63) is 24.5 Å². The molecule has 1 heterocycles. The van der Waals surface area contributed by atoms with Crippen LogP contribution < -0.4 is 0 Å². The first-order valence-corrected chi connectivity index (χ1v) is 4.92. The zero-order valence-electron chi connectivity index (χ0n) is 7.43. The SMILES string of the molecule is O=S(=O)(O)c1ccc2nc[nH]c2c1.[K]. The van der Waals surface area contributed by atoms with Crippen molar-refractivity contribution in [2.45, 2.75) is 4.90 Å². The molecule has 2 rings (SSSR count). The van der Waals surface area contributed by atoms with Gasteiger partial charge in [-0.2, -0.15) is 8.42 Å². The molecule has 0 atom stereocenters. The first-order chi connectivity index (χ1) is 6.07. The van der Waals surface area contributed by atoms with Gasteiger partial charge in [0, 0.05) is 51.4 Å². The monoisotopic (exact) mass is 237 g/mol. The molecule has 0 aliphatic rings. The molecule has 0 bridgehead atoms. The Labute approximate surface area is 123 Å². The molecule has 7 heteroatoms. The molecule has 14 heavy (non-hydrogen) atoms. The number of imidazole rings is 1. The topological polar surface area (TPSA) is 83.1 Å². The number of rotatable bonds is 1. The number of aromatic amines is 1. The average Bonchev–Trinajstić information content (AvgIpc) is 2.47. The Morgan fingerprint density at radius 3 is 2.71 bits per heavy atom. The fourth-order valence-corrected chi connectivity index (χ4v) is 1.58. The summed E-state index contributed by atoms with van der Waals surface area (Å²) in [5, 5.41) is 0. The van der Waals surface area contributed by atoms with E-state index >= 15 is 0 Å². The first kappa shape index (κ1) is 12.3. The van der Waals surface area contributed by atoms with E-state index in [1.165, 1.54) is 24.5 Å². The molecule has 2 aromatic rings. The summed E-state index contributed by atoms with van der Waals surface area (Å²) in [5.41, 5.74) is 1.24. The summed E-state index contributed by atoms with van der Waals surface area (Å²) in [4.78, 5) is 6.52. The van der Waals surface area contributed by atoms with E-state index in [2.05, 4.69) is 9.97 Å². The van der Waals surface area contributed by atoms with Crippen molar-refractivity contribution in [3.8, 4) is 0 Å². The van der Waals surface area contributed by atoms with Gasteiger partial charge in [-0.25, -0.2) is 4.98 Å². The Kier molecular flexibility index (Phi) is 3.86. The number of hydrogen-bond donors (Lipinski definition) is 2. The largest absolute Gasteiger partial charge is 0.345 e. The van der Waals surface area contributed by atoms with Gasteiger partial charge in [0.25, 0.3) is 10.1 Å². The smallest absolute Gasteiger partial charge is 0.294 e.